The van der Waals surface area contributed by atoms with E-state index < -0.39 is 40.4 Å². The van der Waals surface area contributed by atoms with Crippen molar-refractivity contribution in [1.82, 2.24) is 0 Å². The summed E-state index contributed by atoms with van der Waals surface area (Å²) in [5.74, 6) is -3.43. The van der Waals surface area contributed by atoms with Gasteiger partial charge in [0.05, 0.1) is 41.5 Å². The SMILES string of the molecule is COC(=O)C(C(=O)OC)[N+]1(C(C(=O)OC)C(=O)OC)CCCCCCCCCC1.[Cl-]. The fourth-order valence-electron chi connectivity index (χ4n) is 4.13. The van der Waals surface area contributed by atoms with Gasteiger partial charge in [0, 0.05) is 0 Å². The van der Waals surface area contributed by atoms with E-state index in [1.54, 1.807) is 0 Å². The van der Waals surface area contributed by atoms with E-state index in [9.17, 15) is 19.2 Å². The van der Waals surface area contributed by atoms with E-state index in [1.165, 1.54) is 0 Å². The molecule has 0 unspecified atom stereocenters. The van der Waals surface area contributed by atoms with Crippen molar-refractivity contribution in [3.05, 3.63) is 0 Å². The largest absolute Gasteiger partial charge is 1.00 e. The third kappa shape index (κ3) is 6.84. The summed E-state index contributed by atoms with van der Waals surface area (Å²) in [4.78, 5) is 50.9. The minimum absolute atomic E-state index is 0. The molecule has 174 valence electrons. The van der Waals surface area contributed by atoms with E-state index in [1.807, 2.05) is 0 Å². The van der Waals surface area contributed by atoms with Crippen molar-refractivity contribution in [3.8, 4) is 0 Å². The van der Waals surface area contributed by atoms with E-state index in [4.69, 9.17) is 18.9 Å². The molecule has 0 saturated carbocycles. The Morgan fingerprint density at radius 1 is 0.533 bits per heavy atom. The maximum Gasteiger partial charge on any atom is 0.376 e. The Bertz CT molecular complexity index is 501. The van der Waals surface area contributed by atoms with Gasteiger partial charge in [0.2, 0.25) is 0 Å². The summed E-state index contributed by atoms with van der Waals surface area (Å²) < 4.78 is 19.1. The summed E-state index contributed by atoms with van der Waals surface area (Å²) in [5.41, 5.74) is 0. The second kappa shape index (κ2) is 14.2. The lowest BCUT2D eigenvalue weighted by molar-refractivity contribution is -0.944. The van der Waals surface area contributed by atoms with Crippen LogP contribution in [0.25, 0.3) is 0 Å². The third-order valence-corrected chi connectivity index (χ3v) is 5.63. The van der Waals surface area contributed by atoms with Crippen LogP contribution in [-0.4, -0.2) is 82.0 Å². The highest BCUT2D eigenvalue weighted by Crippen LogP contribution is 2.28. The molecule has 30 heavy (non-hydrogen) atoms. The Hall–Kier alpha value is -1.87. The van der Waals surface area contributed by atoms with Gasteiger partial charge in [-0.15, -0.1) is 0 Å². The van der Waals surface area contributed by atoms with E-state index in [0.717, 1.165) is 67.0 Å². The van der Waals surface area contributed by atoms with E-state index in [-0.39, 0.29) is 25.5 Å². The van der Waals surface area contributed by atoms with E-state index in [2.05, 4.69) is 0 Å². The number of hydrogen-bond donors (Lipinski definition) is 0. The van der Waals surface area contributed by atoms with Crippen LogP contribution in [0.15, 0.2) is 0 Å². The number of methoxy groups -OCH3 is 4. The van der Waals surface area contributed by atoms with Gasteiger partial charge in [-0.3, -0.25) is 4.48 Å². The van der Waals surface area contributed by atoms with Crippen LogP contribution in [0.2, 0.25) is 0 Å². The van der Waals surface area contributed by atoms with Gasteiger partial charge < -0.3 is 31.4 Å². The maximum atomic E-state index is 12.7. The van der Waals surface area contributed by atoms with Crippen LogP contribution in [0, 0.1) is 0 Å². The number of carbonyl (C=O) groups excluding carboxylic acids is 4. The number of ether oxygens (including phenoxy) is 4. The first-order chi connectivity index (χ1) is 13.9. The zero-order valence-electron chi connectivity index (χ0n) is 18.3. The fourth-order valence-corrected chi connectivity index (χ4v) is 4.13. The number of quaternary nitrogens is 1. The monoisotopic (exact) mass is 451 g/mol. The van der Waals surface area contributed by atoms with Crippen molar-refractivity contribution < 1.29 is 55.0 Å². The van der Waals surface area contributed by atoms with Gasteiger partial charge in [-0.05, 0) is 25.7 Å². The molecular formula is C20H34ClNO8. The molecule has 0 bridgehead atoms. The summed E-state index contributed by atoms with van der Waals surface area (Å²) in [6.45, 7) is 0.480. The number of halogens is 1. The molecule has 1 rings (SSSR count). The molecule has 0 radical (unpaired) electrons. The Morgan fingerprint density at radius 2 is 0.767 bits per heavy atom. The number of rotatable bonds is 6. The highest BCUT2D eigenvalue weighted by atomic mass is 35.5. The molecular weight excluding hydrogens is 418 g/mol. The highest BCUT2D eigenvalue weighted by molar-refractivity contribution is 6.01. The molecule has 1 aliphatic rings. The van der Waals surface area contributed by atoms with Crippen molar-refractivity contribution >= 4 is 23.9 Å². The van der Waals surface area contributed by atoms with Crippen molar-refractivity contribution in [2.45, 2.75) is 63.5 Å². The minimum atomic E-state index is -1.49. The highest BCUT2D eigenvalue weighted by Gasteiger charge is 2.59. The summed E-state index contributed by atoms with van der Waals surface area (Å²) >= 11 is 0. The average molecular weight is 452 g/mol. The molecule has 0 amide bonds. The lowest BCUT2D eigenvalue weighted by Gasteiger charge is -2.44. The Morgan fingerprint density at radius 3 is 1.00 bits per heavy atom. The Balaban J connectivity index is 0.00000841. The van der Waals surface area contributed by atoms with Gasteiger partial charge in [-0.1, -0.05) is 25.7 Å². The fraction of sp³-hybridized carbons (Fsp3) is 0.800. The summed E-state index contributed by atoms with van der Waals surface area (Å²) in [6, 6.07) is -2.98. The first kappa shape index (κ1) is 28.1. The molecule has 0 aromatic heterocycles. The van der Waals surface area contributed by atoms with Crippen LogP contribution in [0.3, 0.4) is 0 Å². The maximum absolute atomic E-state index is 12.7. The molecule has 1 heterocycles. The molecule has 1 fully saturated rings. The molecule has 1 saturated heterocycles. The molecule has 0 atom stereocenters. The first-order valence-corrected chi connectivity index (χ1v) is 10.1. The van der Waals surface area contributed by atoms with Crippen molar-refractivity contribution in [3.63, 3.8) is 0 Å². The lowest BCUT2D eigenvalue weighted by Crippen LogP contribution is -3.00. The smallest absolute Gasteiger partial charge is 0.376 e. The first-order valence-electron chi connectivity index (χ1n) is 10.1. The molecule has 0 aliphatic carbocycles. The number of carbonyl (C=O) groups is 4. The number of esters is 4. The van der Waals surface area contributed by atoms with Gasteiger partial charge in [0.15, 0.2) is 0 Å². The second-order valence-corrected chi connectivity index (χ2v) is 7.28. The Kier molecular flexibility index (Phi) is 13.3. The van der Waals surface area contributed by atoms with E-state index >= 15 is 0 Å². The minimum Gasteiger partial charge on any atom is -1.00 e. The summed E-state index contributed by atoms with van der Waals surface area (Å²) in [7, 11) is 4.64. The van der Waals surface area contributed by atoms with Crippen molar-refractivity contribution in [1.29, 1.82) is 0 Å². The molecule has 1 aliphatic heterocycles. The molecule has 0 aromatic rings. The third-order valence-electron chi connectivity index (χ3n) is 5.63. The second-order valence-electron chi connectivity index (χ2n) is 7.28. The van der Waals surface area contributed by atoms with Crippen LogP contribution in [0.4, 0.5) is 0 Å². The zero-order valence-corrected chi connectivity index (χ0v) is 19.1. The Labute approximate surface area is 184 Å². The number of nitrogens with zero attached hydrogens (tertiary/aromatic N) is 1. The van der Waals surface area contributed by atoms with Crippen molar-refractivity contribution in [2.75, 3.05) is 41.5 Å². The molecule has 9 nitrogen and oxygen atoms in total. The van der Waals surface area contributed by atoms with Crippen LogP contribution in [0.5, 0.6) is 0 Å². The standard InChI is InChI=1S/C20H34NO8.ClH/c1-26-17(22)15(18(23)27-2)21(16(19(24)28-3)20(25)29-4)13-11-9-7-5-6-8-10-12-14-21;/h15-16H,5-14H2,1-4H3;1H/q+1;/p-1. The summed E-state index contributed by atoms with van der Waals surface area (Å²) in [5, 5.41) is 0. The average Bonchev–Trinajstić information content (AvgIpc) is 2.79. The van der Waals surface area contributed by atoms with Gasteiger partial charge in [-0.2, -0.15) is 0 Å². The quantitative estimate of drug-likeness (QED) is 0.205. The predicted molar refractivity (Wildman–Crippen MR) is 103 cm³/mol. The van der Waals surface area contributed by atoms with Crippen LogP contribution >= 0.6 is 0 Å². The number of hydrogen-bond acceptors (Lipinski definition) is 8. The topological polar surface area (TPSA) is 105 Å². The van der Waals surface area contributed by atoms with Crippen LogP contribution < -0.4 is 12.4 Å². The van der Waals surface area contributed by atoms with E-state index in [0.29, 0.717) is 12.8 Å². The summed E-state index contributed by atoms with van der Waals surface area (Å²) in [6.07, 6.45) is 7.16. The predicted octanol–water partition coefficient (Wildman–Crippen LogP) is -1.63. The normalized spacial score (nSPS) is 17.1. The molecule has 10 heteroatoms. The zero-order chi connectivity index (χ0) is 21.9. The van der Waals surface area contributed by atoms with Gasteiger partial charge >= 0.3 is 23.9 Å². The van der Waals surface area contributed by atoms with Crippen molar-refractivity contribution in [2.24, 2.45) is 0 Å². The lowest BCUT2D eigenvalue weighted by atomic mass is 10.0. The van der Waals surface area contributed by atoms with Gasteiger partial charge in [0.25, 0.3) is 12.1 Å². The van der Waals surface area contributed by atoms with Crippen LogP contribution in [0.1, 0.15) is 51.4 Å². The van der Waals surface area contributed by atoms with Gasteiger partial charge in [0.1, 0.15) is 0 Å². The van der Waals surface area contributed by atoms with Gasteiger partial charge in [-0.25, -0.2) is 19.2 Å². The van der Waals surface area contributed by atoms with Crippen LogP contribution in [-0.2, 0) is 38.1 Å². The molecule has 0 spiro atoms. The molecule has 0 aromatic carbocycles. The molecule has 0 N–H and O–H groups in total.